The molecule has 5 rings (SSSR count). The summed E-state index contributed by atoms with van der Waals surface area (Å²) in [6.45, 7) is 1.82. The second kappa shape index (κ2) is 8.75. The van der Waals surface area contributed by atoms with Gasteiger partial charge in [0.05, 0.1) is 16.9 Å². The number of fused-ring (bicyclic) bond motifs is 1. The Labute approximate surface area is 208 Å². The lowest BCUT2D eigenvalue weighted by Crippen LogP contribution is -2.44. The van der Waals surface area contributed by atoms with Crippen molar-refractivity contribution in [2.75, 3.05) is 10.6 Å². The number of carbonyl (C=O) groups excluding carboxylic acids is 1. The third-order valence-electron chi connectivity index (χ3n) is 7.12. The van der Waals surface area contributed by atoms with Crippen molar-refractivity contribution in [3.63, 3.8) is 0 Å². The summed E-state index contributed by atoms with van der Waals surface area (Å²) in [6.07, 6.45) is 2.98. The van der Waals surface area contributed by atoms with Crippen LogP contribution >= 0.6 is 11.6 Å². The topological polar surface area (TPSA) is 111 Å². The van der Waals surface area contributed by atoms with Crippen molar-refractivity contribution in [1.82, 2.24) is 19.5 Å². The van der Waals surface area contributed by atoms with Crippen molar-refractivity contribution in [3.8, 4) is 0 Å². The fourth-order valence-electron chi connectivity index (χ4n) is 4.86. The maximum absolute atomic E-state index is 14.6. The third kappa shape index (κ3) is 4.54. The summed E-state index contributed by atoms with van der Waals surface area (Å²) in [4.78, 5) is 25.2. The quantitative estimate of drug-likeness (QED) is 0.376. The van der Waals surface area contributed by atoms with Crippen molar-refractivity contribution in [2.24, 2.45) is 11.1 Å². The minimum absolute atomic E-state index is 0.157. The summed E-state index contributed by atoms with van der Waals surface area (Å²) in [7, 11) is 0. The van der Waals surface area contributed by atoms with E-state index in [1.807, 2.05) is 6.92 Å². The molecule has 1 amide bonds. The number of alkyl halides is 2. The van der Waals surface area contributed by atoms with E-state index in [0.29, 0.717) is 42.9 Å². The van der Waals surface area contributed by atoms with Gasteiger partial charge in [-0.1, -0.05) is 18.5 Å². The summed E-state index contributed by atoms with van der Waals surface area (Å²) >= 11 is 6.09. The number of primary amides is 1. The first kappa shape index (κ1) is 24.5. The van der Waals surface area contributed by atoms with E-state index in [0.717, 1.165) is 6.07 Å². The number of hydrogen-bond acceptors (Lipinski definition) is 6. The number of hydrogen-bond donors (Lipinski definition) is 3. The highest BCUT2D eigenvalue weighted by Gasteiger charge is 2.45. The molecule has 0 aliphatic heterocycles. The van der Waals surface area contributed by atoms with Crippen LogP contribution in [0.5, 0.6) is 0 Å². The fourth-order valence-corrected chi connectivity index (χ4v) is 5.10. The van der Waals surface area contributed by atoms with Crippen LogP contribution in [-0.4, -0.2) is 37.4 Å². The number of halogens is 5. The Hall–Kier alpha value is -3.15. The van der Waals surface area contributed by atoms with Crippen molar-refractivity contribution < 1.29 is 22.4 Å². The van der Waals surface area contributed by atoms with Gasteiger partial charge in [-0.3, -0.25) is 9.36 Å². The lowest BCUT2D eigenvalue weighted by atomic mass is 9.73. The second-order valence-electron chi connectivity index (χ2n) is 9.84. The zero-order valence-corrected chi connectivity index (χ0v) is 20.0. The molecule has 2 fully saturated rings. The van der Waals surface area contributed by atoms with Crippen LogP contribution in [-0.2, 0) is 4.79 Å². The van der Waals surface area contributed by atoms with Gasteiger partial charge < -0.3 is 16.4 Å². The molecular formula is C23H24ClF4N7O. The highest BCUT2D eigenvalue weighted by Crippen LogP contribution is 2.43. The molecule has 192 valence electrons. The van der Waals surface area contributed by atoms with Crippen LogP contribution in [0.2, 0.25) is 5.02 Å². The molecule has 2 aliphatic rings. The van der Waals surface area contributed by atoms with E-state index < -0.39 is 29.0 Å². The molecule has 2 saturated carbocycles. The number of nitrogens with zero attached hydrogens (tertiary/aromatic N) is 4. The van der Waals surface area contributed by atoms with Crippen LogP contribution in [0.25, 0.3) is 11.2 Å². The van der Waals surface area contributed by atoms with Gasteiger partial charge in [0.15, 0.2) is 11.5 Å². The number of benzene rings is 1. The molecule has 2 heterocycles. The molecule has 13 heteroatoms. The summed E-state index contributed by atoms with van der Waals surface area (Å²) in [5.41, 5.74) is 5.57. The van der Waals surface area contributed by atoms with Crippen molar-refractivity contribution in [2.45, 2.75) is 63.5 Å². The van der Waals surface area contributed by atoms with Crippen molar-refractivity contribution >= 4 is 46.3 Å². The monoisotopic (exact) mass is 525 g/mol. The number of nitrogens with two attached hydrogens (primary N) is 1. The molecule has 4 N–H and O–H groups in total. The fraction of sp³-hybridized carbons (Fsp3) is 0.478. The lowest BCUT2D eigenvalue weighted by Gasteiger charge is -2.36. The standard InChI is InChI=1S/C23H24ClF4N7O/c1-22(19(29)36)4-2-13(3-5-22)35-18-16(10-30-20(34-18)31-12-8-23(27,28)9-12)32-21(35)33-17-14(24)6-11(25)7-15(17)26/h6-7,10,12-13H,2-5,8-9H2,1H3,(H2,29,36)(H,32,33)(H,30,31,34). The Morgan fingerprint density at radius 2 is 1.89 bits per heavy atom. The molecule has 2 aromatic heterocycles. The van der Waals surface area contributed by atoms with Crippen LogP contribution in [0.3, 0.4) is 0 Å². The zero-order valence-electron chi connectivity index (χ0n) is 19.3. The highest BCUT2D eigenvalue weighted by atomic mass is 35.5. The summed E-state index contributed by atoms with van der Waals surface area (Å²) in [6, 6.07) is 1.04. The zero-order chi connectivity index (χ0) is 25.8. The largest absolute Gasteiger partial charge is 0.369 e. The molecule has 2 aliphatic carbocycles. The molecule has 1 aromatic carbocycles. The predicted octanol–water partition coefficient (Wildman–Crippen LogP) is 5.32. The lowest BCUT2D eigenvalue weighted by molar-refractivity contribution is -0.128. The number of carbonyl (C=O) groups is 1. The first-order valence-electron chi connectivity index (χ1n) is 11.5. The number of rotatable bonds is 6. The van der Waals surface area contributed by atoms with E-state index in [1.165, 1.54) is 6.20 Å². The molecule has 0 bridgehead atoms. The van der Waals surface area contributed by atoms with Crippen LogP contribution in [0.1, 0.15) is 51.5 Å². The molecule has 0 radical (unpaired) electrons. The van der Waals surface area contributed by atoms with Gasteiger partial charge in [0, 0.05) is 36.4 Å². The average Bonchev–Trinajstić information content (AvgIpc) is 3.13. The molecule has 0 unspecified atom stereocenters. The Morgan fingerprint density at radius 1 is 1.19 bits per heavy atom. The molecular weight excluding hydrogens is 502 g/mol. The van der Waals surface area contributed by atoms with Crippen LogP contribution in [0, 0.1) is 17.0 Å². The van der Waals surface area contributed by atoms with Crippen molar-refractivity contribution in [1.29, 1.82) is 0 Å². The van der Waals surface area contributed by atoms with E-state index in [-0.39, 0.29) is 47.4 Å². The maximum atomic E-state index is 14.6. The molecule has 8 nitrogen and oxygen atoms in total. The Kier molecular flexibility index (Phi) is 5.97. The van der Waals surface area contributed by atoms with Gasteiger partial charge in [0.2, 0.25) is 17.8 Å². The van der Waals surface area contributed by atoms with E-state index in [1.54, 1.807) is 4.57 Å². The van der Waals surface area contributed by atoms with Gasteiger partial charge in [-0.25, -0.2) is 27.5 Å². The average molecular weight is 526 g/mol. The van der Waals surface area contributed by atoms with E-state index >= 15 is 0 Å². The van der Waals surface area contributed by atoms with Crippen LogP contribution in [0.15, 0.2) is 18.3 Å². The van der Waals surface area contributed by atoms with Crippen molar-refractivity contribution in [3.05, 3.63) is 35.0 Å². The first-order chi connectivity index (χ1) is 16.9. The number of aromatic nitrogens is 4. The van der Waals surface area contributed by atoms with E-state index in [9.17, 15) is 22.4 Å². The normalized spacial score (nSPS) is 23.9. The third-order valence-corrected chi connectivity index (χ3v) is 7.42. The van der Waals surface area contributed by atoms with E-state index in [4.69, 9.17) is 17.3 Å². The minimum Gasteiger partial charge on any atom is -0.369 e. The SMILES string of the molecule is CC1(C(N)=O)CCC(n2c(Nc3c(F)cc(F)cc3Cl)nc3cnc(NC4CC(F)(F)C4)nc32)CC1. The highest BCUT2D eigenvalue weighted by molar-refractivity contribution is 6.33. The van der Waals surface area contributed by atoms with E-state index in [2.05, 4.69) is 25.6 Å². The maximum Gasteiger partial charge on any atom is 0.252 e. The molecule has 0 spiro atoms. The van der Waals surface area contributed by atoms with Gasteiger partial charge in [0.25, 0.3) is 5.92 Å². The Bertz CT molecular complexity index is 1310. The molecule has 0 saturated heterocycles. The van der Waals surface area contributed by atoms with Gasteiger partial charge in [-0.15, -0.1) is 0 Å². The predicted molar refractivity (Wildman–Crippen MR) is 126 cm³/mol. The molecule has 0 atom stereocenters. The second-order valence-corrected chi connectivity index (χ2v) is 10.2. The van der Waals surface area contributed by atoms with Gasteiger partial charge in [0.1, 0.15) is 11.3 Å². The van der Waals surface area contributed by atoms with Gasteiger partial charge in [-0.05, 0) is 31.7 Å². The van der Waals surface area contributed by atoms with Crippen LogP contribution < -0.4 is 16.4 Å². The summed E-state index contributed by atoms with van der Waals surface area (Å²) in [5, 5.41) is 5.61. The number of imidazole rings is 1. The Morgan fingerprint density at radius 3 is 2.50 bits per heavy atom. The smallest absolute Gasteiger partial charge is 0.252 e. The Balaban J connectivity index is 1.52. The van der Waals surface area contributed by atoms with Crippen LogP contribution in [0.4, 0.5) is 35.1 Å². The number of anilines is 3. The number of nitrogens with one attached hydrogen (secondary N) is 2. The first-order valence-corrected chi connectivity index (χ1v) is 11.9. The molecule has 36 heavy (non-hydrogen) atoms. The summed E-state index contributed by atoms with van der Waals surface area (Å²) in [5.74, 6) is -4.43. The van der Waals surface area contributed by atoms with Gasteiger partial charge in [-0.2, -0.15) is 4.98 Å². The van der Waals surface area contributed by atoms with Gasteiger partial charge >= 0.3 is 0 Å². The summed E-state index contributed by atoms with van der Waals surface area (Å²) < 4.78 is 56.4. The molecule has 3 aromatic rings. The minimum atomic E-state index is -2.70. The number of amides is 1.